The molecule has 1 aliphatic heterocycles. The summed E-state index contributed by atoms with van der Waals surface area (Å²) in [5, 5.41) is 11.8. The van der Waals surface area contributed by atoms with Crippen LogP contribution in [0.15, 0.2) is 35.5 Å². The van der Waals surface area contributed by atoms with Crippen molar-refractivity contribution in [2.45, 2.75) is 6.04 Å². The summed E-state index contributed by atoms with van der Waals surface area (Å²) in [6.45, 7) is 1.24. The number of likely N-dealkylation sites (tertiary alicyclic amines) is 1. The van der Waals surface area contributed by atoms with Crippen molar-refractivity contribution in [1.82, 2.24) is 34.5 Å². The Morgan fingerprint density at radius 1 is 1.38 bits per heavy atom. The van der Waals surface area contributed by atoms with Crippen LogP contribution >= 0.6 is 15.9 Å². The molecule has 0 unspecified atom stereocenters. The average Bonchev–Trinajstić information content (AvgIpc) is 3.06. The molecule has 0 aromatic carbocycles. The monoisotopic (exact) mass is 347 g/mol. The third-order valence-electron chi connectivity index (χ3n) is 3.54. The van der Waals surface area contributed by atoms with Crippen molar-refractivity contribution in [3.63, 3.8) is 0 Å². The van der Waals surface area contributed by atoms with Gasteiger partial charge in [0, 0.05) is 30.0 Å². The summed E-state index contributed by atoms with van der Waals surface area (Å²) in [7, 11) is 0. The predicted molar refractivity (Wildman–Crippen MR) is 75.6 cm³/mol. The van der Waals surface area contributed by atoms with E-state index in [0.717, 1.165) is 4.47 Å². The number of nitrogens with zero attached hydrogens (tertiary/aromatic N) is 7. The molecule has 106 valence electrons. The molecule has 0 bridgehead atoms. The largest absolute Gasteiger partial charge is 0.334 e. The molecule has 0 aliphatic carbocycles. The van der Waals surface area contributed by atoms with Crippen LogP contribution in [-0.2, 0) is 0 Å². The molecule has 0 N–H and O–H groups in total. The molecule has 9 heteroatoms. The first-order valence-corrected chi connectivity index (χ1v) is 7.15. The summed E-state index contributed by atoms with van der Waals surface area (Å²) in [5.41, 5.74) is 1.10. The van der Waals surface area contributed by atoms with Gasteiger partial charge in [0.15, 0.2) is 5.65 Å². The predicted octanol–water partition coefficient (Wildman–Crippen LogP) is 0.780. The second-order valence-electron chi connectivity index (χ2n) is 4.85. The van der Waals surface area contributed by atoms with Gasteiger partial charge in [0.1, 0.15) is 6.33 Å². The SMILES string of the molecule is O=C(c1cc(Br)cn2ncnc12)N1CC(n2ccnn2)C1. The number of carbonyl (C=O) groups excluding carboxylic acids is 1. The van der Waals surface area contributed by atoms with Gasteiger partial charge in [-0.15, -0.1) is 5.10 Å². The average molecular weight is 348 g/mol. The molecule has 4 heterocycles. The van der Waals surface area contributed by atoms with Gasteiger partial charge in [-0.2, -0.15) is 5.10 Å². The standard InChI is InChI=1S/C12H10BrN7O/c13-8-3-10(11-14-7-16-20(11)4-8)12(21)18-5-9(6-18)19-2-1-15-17-19/h1-4,7,9H,5-6H2. The maximum Gasteiger partial charge on any atom is 0.257 e. The van der Waals surface area contributed by atoms with Crippen molar-refractivity contribution < 1.29 is 4.79 Å². The minimum absolute atomic E-state index is 0.0503. The molecule has 0 radical (unpaired) electrons. The van der Waals surface area contributed by atoms with E-state index in [0.29, 0.717) is 24.3 Å². The van der Waals surface area contributed by atoms with Crippen LogP contribution in [0.3, 0.4) is 0 Å². The van der Waals surface area contributed by atoms with Gasteiger partial charge in [-0.3, -0.25) is 4.79 Å². The Morgan fingerprint density at radius 3 is 3.00 bits per heavy atom. The fourth-order valence-electron chi connectivity index (χ4n) is 2.42. The first-order chi connectivity index (χ1) is 10.2. The molecular formula is C12H10BrN7O. The molecule has 0 spiro atoms. The van der Waals surface area contributed by atoms with Crippen molar-refractivity contribution in [1.29, 1.82) is 0 Å². The van der Waals surface area contributed by atoms with Crippen molar-refractivity contribution in [3.05, 3.63) is 41.0 Å². The van der Waals surface area contributed by atoms with E-state index in [1.165, 1.54) is 6.33 Å². The third kappa shape index (κ3) is 2.00. The number of aromatic nitrogens is 6. The van der Waals surface area contributed by atoms with Gasteiger partial charge in [0.25, 0.3) is 5.91 Å². The number of fused-ring (bicyclic) bond motifs is 1. The fraction of sp³-hybridized carbons (Fsp3) is 0.250. The van der Waals surface area contributed by atoms with Gasteiger partial charge in [0.05, 0.1) is 17.8 Å². The highest BCUT2D eigenvalue weighted by Crippen LogP contribution is 2.24. The minimum Gasteiger partial charge on any atom is -0.334 e. The number of hydrogen-bond acceptors (Lipinski definition) is 5. The van der Waals surface area contributed by atoms with Crippen LogP contribution in [0.4, 0.5) is 0 Å². The number of rotatable bonds is 2. The number of amides is 1. The fourth-order valence-corrected chi connectivity index (χ4v) is 2.85. The highest BCUT2D eigenvalue weighted by molar-refractivity contribution is 9.10. The lowest BCUT2D eigenvalue weighted by Crippen LogP contribution is -2.51. The maximum absolute atomic E-state index is 12.6. The zero-order valence-corrected chi connectivity index (χ0v) is 12.4. The smallest absolute Gasteiger partial charge is 0.257 e. The molecule has 21 heavy (non-hydrogen) atoms. The van der Waals surface area contributed by atoms with E-state index in [2.05, 4.69) is 36.3 Å². The molecule has 1 amide bonds. The Hall–Kier alpha value is -2.29. The third-order valence-corrected chi connectivity index (χ3v) is 3.97. The van der Waals surface area contributed by atoms with Crippen LogP contribution in [0.5, 0.6) is 0 Å². The molecule has 1 aliphatic rings. The van der Waals surface area contributed by atoms with Gasteiger partial charge >= 0.3 is 0 Å². The molecule has 0 saturated carbocycles. The quantitative estimate of drug-likeness (QED) is 0.684. The molecule has 0 atom stereocenters. The molecule has 1 fully saturated rings. The summed E-state index contributed by atoms with van der Waals surface area (Å²) < 4.78 is 4.15. The van der Waals surface area contributed by atoms with Gasteiger partial charge in [0.2, 0.25) is 0 Å². The van der Waals surface area contributed by atoms with Crippen LogP contribution in [0.25, 0.3) is 5.65 Å². The Balaban J connectivity index is 1.59. The zero-order valence-electron chi connectivity index (χ0n) is 10.8. The summed E-state index contributed by atoms with van der Waals surface area (Å²) >= 11 is 3.39. The van der Waals surface area contributed by atoms with Crippen molar-refractivity contribution in [2.24, 2.45) is 0 Å². The van der Waals surface area contributed by atoms with Gasteiger partial charge in [-0.05, 0) is 22.0 Å². The Bertz CT molecular complexity index is 806. The highest BCUT2D eigenvalue weighted by Gasteiger charge is 2.34. The van der Waals surface area contributed by atoms with Crippen LogP contribution in [-0.4, -0.2) is 53.5 Å². The summed E-state index contributed by atoms with van der Waals surface area (Å²) in [4.78, 5) is 18.5. The van der Waals surface area contributed by atoms with Gasteiger partial charge < -0.3 is 4.90 Å². The molecular weight excluding hydrogens is 338 g/mol. The van der Waals surface area contributed by atoms with Gasteiger partial charge in [-0.1, -0.05) is 5.21 Å². The minimum atomic E-state index is -0.0503. The Morgan fingerprint density at radius 2 is 2.24 bits per heavy atom. The van der Waals surface area contributed by atoms with E-state index < -0.39 is 0 Å². The lowest BCUT2D eigenvalue weighted by atomic mass is 10.1. The van der Waals surface area contributed by atoms with Crippen molar-refractivity contribution >= 4 is 27.5 Å². The van der Waals surface area contributed by atoms with E-state index in [9.17, 15) is 4.79 Å². The lowest BCUT2D eigenvalue weighted by Gasteiger charge is -2.38. The first kappa shape index (κ1) is 12.5. The molecule has 3 aromatic heterocycles. The van der Waals surface area contributed by atoms with Crippen molar-refractivity contribution in [2.75, 3.05) is 13.1 Å². The van der Waals surface area contributed by atoms with E-state index in [1.807, 2.05) is 6.20 Å². The van der Waals surface area contributed by atoms with E-state index in [-0.39, 0.29) is 11.9 Å². The van der Waals surface area contributed by atoms with Gasteiger partial charge in [-0.25, -0.2) is 14.2 Å². The Labute approximate surface area is 127 Å². The van der Waals surface area contributed by atoms with E-state index >= 15 is 0 Å². The summed E-state index contributed by atoms with van der Waals surface area (Å²) in [6, 6.07) is 1.97. The van der Waals surface area contributed by atoms with Crippen LogP contribution in [0.1, 0.15) is 16.4 Å². The maximum atomic E-state index is 12.6. The first-order valence-electron chi connectivity index (χ1n) is 6.36. The zero-order chi connectivity index (χ0) is 14.4. The van der Waals surface area contributed by atoms with Crippen LogP contribution in [0, 0.1) is 0 Å². The highest BCUT2D eigenvalue weighted by atomic mass is 79.9. The topological polar surface area (TPSA) is 81.2 Å². The summed E-state index contributed by atoms with van der Waals surface area (Å²) in [5.74, 6) is -0.0503. The normalized spacial score (nSPS) is 15.4. The van der Waals surface area contributed by atoms with E-state index in [4.69, 9.17) is 0 Å². The molecule has 4 rings (SSSR count). The lowest BCUT2D eigenvalue weighted by molar-refractivity contribution is 0.0499. The number of halogens is 1. The second kappa shape index (κ2) is 4.62. The summed E-state index contributed by atoms with van der Waals surface area (Å²) in [6.07, 6.45) is 6.65. The number of hydrogen-bond donors (Lipinski definition) is 0. The number of carbonyl (C=O) groups is 1. The Kier molecular flexibility index (Phi) is 2.74. The van der Waals surface area contributed by atoms with E-state index in [1.54, 1.807) is 32.6 Å². The van der Waals surface area contributed by atoms with Crippen LogP contribution < -0.4 is 0 Å². The molecule has 3 aromatic rings. The molecule has 8 nitrogen and oxygen atoms in total. The van der Waals surface area contributed by atoms with Crippen LogP contribution in [0.2, 0.25) is 0 Å². The van der Waals surface area contributed by atoms with Crippen molar-refractivity contribution in [3.8, 4) is 0 Å². The number of pyridine rings is 1. The second-order valence-corrected chi connectivity index (χ2v) is 5.76. The molecule has 1 saturated heterocycles.